The van der Waals surface area contributed by atoms with Crippen LogP contribution in [0.1, 0.15) is 30.0 Å². The van der Waals surface area contributed by atoms with E-state index in [1.54, 1.807) is 55.5 Å². The molecule has 1 amide bonds. The van der Waals surface area contributed by atoms with E-state index in [0.29, 0.717) is 21.9 Å². The van der Waals surface area contributed by atoms with Gasteiger partial charge in [-0.1, -0.05) is 30.7 Å². The lowest BCUT2D eigenvalue weighted by molar-refractivity contribution is -0.458. The van der Waals surface area contributed by atoms with E-state index < -0.39 is 9.84 Å². The number of carbonyl (C=O) groups excluding carboxylic acids is 1. The van der Waals surface area contributed by atoms with E-state index >= 15 is 0 Å². The monoisotopic (exact) mass is 379 g/mol. The third-order valence-electron chi connectivity index (χ3n) is 3.59. The van der Waals surface area contributed by atoms with E-state index in [1.165, 1.54) is 6.26 Å². The average molecular weight is 380 g/mol. The van der Waals surface area contributed by atoms with Crippen LogP contribution in [-0.2, 0) is 20.4 Å². The smallest absolute Gasteiger partial charge is 0.229 e. The molecule has 2 aromatic carbocycles. The predicted octanol–water partition coefficient (Wildman–Crippen LogP) is 2.54. The minimum atomic E-state index is -3.11. The number of benzene rings is 2. The lowest BCUT2D eigenvalue weighted by Crippen LogP contribution is -2.34. The van der Waals surface area contributed by atoms with E-state index in [1.807, 2.05) is 0 Å². The molecule has 0 saturated carbocycles. The quantitative estimate of drug-likeness (QED) is 0.284. The standard InChI is InChI=1S/C18H20ClN2O3S/c1-3-17(22)21(20)18(15-8-10-16(19)11-9-15)14-6-4-13(5-7-14)12-25(2,23)24/h4-11H,3,12,20H2,1-2H3/q+1. The van der Waals surface area contributed by atoms with Crippen LogP contribution >= 0.6 is 11.6 Å². The Hall–Kier alpha value is -2.18. The lowest BCUT2D eigenvalue weighted by atomic mass is 10.0. The summed E-state index contributed by atoms with van der Waals surface area (Å²) in [5.74, 6) is 5.76. The predicted molar refractivity (Wildman–Crippen MR) is 99.4 cm³/mol. The van der Waals surface area contributed by atoms with Crippen molar-refractivity contribution in [3.8, 4) is 0 Å². The maximum Gasteiger partial charge on any atom is 0.414 e. The summed E-state index contributed by atoms with van der Waals surface area (Å²) < 4.78 is 24.0. The van der Waals surface area contributed by atoms with Gasteiger partial charge in [0.15, 0.2) is 9.84 Å². The number of nitrogens with zero attached hydrogens (tertiary/aromatic N) is 1. The van der Waals surface area contributed by atoms with Crippen LogP contribution < -0.4 is 5.84 Å². The molecule has 0 heterocycles. The number of hydrazone groups is 1. The molecule has 0 aromatic heterocycles. The fourth-order valence-electron chi connectivity index (χ4n) is 2.41. The maximum atomic E-state index is 12.1. The van der Waals surface area contributed by atoms with Crippen LogP contribution in [0.25, 0.3) is 0 Å². The number of amides is 1. The first kappa shape index (κ1) is 19.1. The van der Waals surface area contributed by atoms with Crippen molar-refractivity contribution in [3.05, 3.63) is 70.2 Å². The van der Waals surface area contributed by atoms with Gasteiger partial charge in [0.2, 0.25) is 0 Å². The van der Waals surface area contributed by atoms with Crippen molar-refractivity contribution in [2.75, 3.05) is 6.26 Å². The molecular weight excluding hydrogens is 360 g/mol. The Morgan fingerprint density at radius 1 is 1.04 bits per heavy atom. The highest BCUT2D eigenvalue weighted by Gasteiger charge is 2.23. The summed E-state index contributed by atoms with van der Waals surface area (Å²) in [4.78, 5) is 12.1. The Morgan fingerprint density at radius 2 is 1.52 bits per heavy atom. The molecule has 0 radical (unpaired) electrons. The molecule has 0 bridgehead atoms. The van der Waals surface area contributed by atoms with Crippen LogP contribution in [-0.4, -0.2) is 31.0 Å². The second-order valence-electron chi connectivity index (χ2n) is 5.74. The van der Waals surface area contributed by atoms with E-state index in [4.69, 9.17) is 17.4 Å². The van der Waals surface area contributed by atoms with Crippen molar-refractivity contribution in [2.45, 2.75) is 19.1 Å². The first-order valence-corrected chi connectivity index (χ1v) is 10.1. The molecule has 0 atom stereocenters. The van der Waals surface area contributed by atoms with Crippen LogP contribution in [0.2, 0.25) is 5.02 Å². The highest BCUT2D eigenvalue weighted by atomic mass is 35.5. The van der Waals surface area contributed by atoms with Gasteiger partial charge < -0.3 is 0 Å². The van der Waals surface area contributed by atoms with Gasteiger partial charge in [-0.05, 0) is 46.6 Å². The zero-order valence-corrected chi connectivity index (χ0v) is 15.6. The molecule has 2 N–H and O–H groups in total. The van der Waals surface area contributed by atoms with Gasteiger partial charge in [0.05, 0.1) is 12.2 Å². The van der Waals surface area contributed by atoms with Gasteiger partial charge in [-0.2, -0.15) is 0 Å². The molecule has 0 aliphatic carbocycles. The zero-order chi connectivity index (χ0) is 18.6. The van der Waals surface area contributed by atoms with Crippen LogP contribution in [0.3, 0.4) is 0 Å². The number of nitrogens with two attached hydrogens (primary N) is 1. The van der Waals surface area contributed by atoms with Crippen LogP contribution in [0.15, 0.2) is 48.5 Å². The number of carbonyl (C=O) groups is 1. The lowest BCUT2D eigenvalue weighted by Gasteiger charge is -2.06. The third-order valence-corrected chi connectivity index (χ3v) is 4.70. The molecule has 2 aromatic rings. The topological polar surface area (TPSA) is 80.2 Å². The van der Waals surface area contributed by atoms with E-state index in [9.17, 15) is 13.2 Å². The molecule has 0 fully saturated rings. The molecule has 5 nitrogen and oxygen atoms in total. The molecule has 0 saturated heterocycles. The normalized spacial score (nSPS) is 12.6. The number of hydrazine groups is 1. The number of sulfone groups is 1. The Morgan fingerprint density at radius 3 is 1.96 bits per heavy atom. The van der Waals surface area contributed by atoms with E-state index in [0.717, 1.165) is 10.2 Å². The first-order valence-electron chi connectivity index (χ1n) is 7.69. The summed E-state index contributed by atoms with van der Waals surface area (Å²) in [5, 5.41) is 0.581. The van der Waals surface area contributed by atoms with Crippen molar-refractivity contribution >= 4 is 33.1 Å². The zero-order valence-electron chi connectivity index (χ0n) is 14.1. The molecule has 132 valence electrons. The minimum Gasteiger partial charge on any atom is -0.229 e. The van der Waals surface area contributed by atoms with E-state index in [-0.39, 0.29) is 18.1 Å². The van der Waals surface area contributed by atoms with Crippen molar-refractivity contribution < 1.29 is 17.9 Å². The van der Waals surface area contributed by atoms with Crippen molar-refractivity contribution in [1.82, 2.24) is 0 Å². The highest BCUT2D eigenvalue weighted by molar-refractivity contribution is 7.89. The van der Waals surface area contributed by atoms with Gasteiger partial charge in [0.25, 0.3) is 5.71 Å². The molecule has 2 rings (SSSR count). The summed E-state index contributed by atoms with van der Waals surface area (Å²) >= 11 is 5.94. The first-order chi connectivity index (χ1) is 11.7. The summed E-state index contributed by atoms with van der Waals surface area (Å²) in [6.45, 7) is 1.73. The molecule has 0 spiro atoms. The molecule has 0 aliphatic rings. The van der Waals surface area contributed by atoms with Gasteiger partial charge in [0, 0.05) is 22.4 Å². The summed E-state index contributed by atoms with van der Waals surface area (Å²) in [6.07, 6.45) is 1.45. The van der Waals surface area contributed by atoms with Crippen LogP contribution in [0, 0.1) is 0 Å². The van der Waals surface area contributed by atoms with Crippen molar-refractivity contribution in [2.24, 2.45) is 5.84 Å². The molecule has 0 unspecified atom stereocenters. The Balaban J connectivity index is 2.53. The summed E-state index contributed by atoms with van der Waals surface area (Å²) in [6, 6.07) is 14.0. The fourth-order valence-corrected chi connectivity index (χ4v) is 3.33. The van der Waals surface area contributed by atoms with Gasteiger partial charge in [-0.25, -0.2) is 19.1 Å². The number of rotatable bonds is 5. The van der Waals surface area contributed by atoms with Crippen LogP contribution in [0.4, 0.5) is 0 Å². The minimum absolute atomic E-state index is 0.0379. The van der Waals surface area contributed by atoms with Gasteiger partial charge in [-0.3, -0.25) is 0 Å². The third kappa shape index (κ3) is 5.14. The molecule has 25 heavy (non-hydrogen) atoms. The number of hydrogen-bond donors (Lipinski definition) is 1. The van der Waals surface area contributed by atoms with Gasteiger partial charge in [-0.15, -0.1) is 0 Å². The number of hydrogen-bond acceptors (Lipinski definition) is 4. The average Bonchev–Trinajstić information content (AvgIpc) is 2.56. The molecule has 7 heteroatoms. The molecule has 0 aliphatic heterocycles. The Kier molecular flexibility index (Phi) is 5.98. The van der Waals surface area contributed by atoms with Gasteiger partial charge in [0.1, 0.15) is 0 Å². The highest BCUT2D eigenvalue weighted by Crippen LogP contribution is 2.16. The fraction of sp³-hybridized carbons (Fsp3) is 0.222. The van der Waals surface area contributed by atoms with E-state index in [2.05, 4.69) is 0 Å². The van der Waals surface area contributed by atoms with Crippen molar-refractivity contribution in [1.29, 1.82) is 0 Å². The Labute approximate surface area is 152 Å². The number of halogens is 1. The van der Waals surface area contributed by atoms with Gasteiger partial charge >= 0.3 is 5.91 Å². The maximum absolute atomic E-state index is 12.1. The van der Waals surface area contributed by atoms with Crippen molar-refractivity contribution in [3.63, 3.8) is 0 Å². The largest absolute Gasteiger partial charge is 0.414 e. The second-order valence-corrected chi connectivity index (χ2v) is 8.32. The summed E-state index contributed by atoms with van der Waals surface area (Å²) in [5.41, 5.74) is 2.66. The summed E-state index contributed by atoms with van der Waals surface area (Å²) in [7, 11) is -3.11. The second kappa shape index (κ2) is 7.80. The molecular formula is C18H20ClN2O3S+. The Bertz CT molecular complexity index is 902. The SMILES string of the molecule is CCC(=O)[N+](N)=C(c1ccc(Cl)cc1)c1ccc(CS(C)(=O)=O)cc1. The van der Waals surface area contributed by atoms with Crippen LogP contribution in [0.5, 0.6) is 0 Å².